The summed E-state index contributed by atoms with van der Waals surface area (Å²) in [5.74, 6) is 0.0779. The zero-order valence-electron chi connectivity index (χ0n) is 15.2. The molecule has 0 saturated heterocycles. The molecule has 0 aliphatic rings. The molecule has 1 atom stereocenters. The van der Waals surface area contributed by atoms with Crippen LogP contribution in [0.5, 0.6) is 0 Å². The number of aromatic nitrogens is 3. The van der Waals surface area contributed by atoms with Crippen molar-refractivity contribution < 1.29 is 4.92 Å². The molecule has 0 saturated carbocycles. The van der Waals surface area contributed by atoms with Gasteiger partial charge >= 0.3 is 5.69 Å². The van der Waals surface area contributed by atoms with E-state index in [2.05, 4.69) is 15.4 Å². The van der Waals surface area contributed by atoms with Gasteiger partial charge in [-0.25, -0.2) is 9.67 Å². The Morgan fingerprint density at radius 2 is 1.96 bits per heavy atom. The fourth-order valence-electron chi connectivity index (χ4n) is 2.92. The van der Waals surface area contributed by atoms with E-state index >= 15 is 0 Å². The third-order valence-electron chi connectivity index (χ3n) is 4.23. The van der Waals surface area contributed by atoms with Crippen molar-refractivity contribution in [2.24, 2.45) is 0 Å². The molecule has 8 nitrogen and oxygen atoms in total. The van der Waals surface area contributed by atoms with Gasteiger partial charge in [-0.2, -0.15) is 10.4 Å². The predicted molar refractivity (Wildman–Crippen MR) is 101 cm³/mol. The summed E-state index contributed by atoms with van der Waals surface area (Å²) in [5, 5.41) is 27.9. The molecule has 0 amide bonds. The lowest BCUT2D eigenvalue weighted by atomic mass is 10.1. The van der Waals surface area contributed by atoms with Crippen LogP contribution in [0.3, 0.4) is 0 Å². The molecule has 2 heterocycles. The number of hydrogen-bond acceptors (Lipinski definition) is 6. The molecule has 27 heavy (non-hydrogen) atoms. The van der Waals surface area contributed by atoms with Gasteiger partial charge in [-0.05, 0) is 50.6 Å². The van der Waals surface area contributed by atoms with E-state index in [1.165, 1.54) is 12.3 Å². The molecule has 0 bridgehead atoms. The number of nitriles is 1. The van der Waals surface area contributed by atoms with Crippen LogP contribution in [0.4, 0.5) is 11.5 Å². The fourth-order valence-corrected chi connectivity index (χ4v) is 2.92. The van der Waals surface area contributed by atoms with Crippen LogP contribution in [-0.2, 0) is 0 Å². The van der Waals surface area contributed by atoms with E-state index in [0.717, 1.165) is 22.6 Å². The van der Waals surface area contributed by atoms with Gasteiger partial charge in [0.2, 0.25) is 5.82 Å². The minimum atomic E-state index is -0.591. The molecule has 2 aromatic heterocycles. The topological polar surface area (TPSA) is 110 Å². The molecule has 1 N–H and O–H groups in total. The van der Waals surface area contributed by atoms with Gasteiger partial charge in [-0.15, -0.1) is 0 Å². The normalized spacial score (nSPS) is 11.6. The summed E-state index contributed by atoms with van der Waals surface area (Å²) >= 11 is 0. The predicted octanol–water partition coefficient (Wildman–Crippen LogP) is 3.84. The van der Waals surface area contributed by atoms with E-state index in [1.54, 1.807) is 0 Å². The molecule has 3 aromatic rings. The van der Waals surface area contributed by atoms with Gasteiger partial charge in [0.25, 0.3) is 0 Å². The lowest BCUT2D eigenvalue weighted by molar-refractivity contribution is -0.384. The average Bonchev–Trinajstić information content (AvgIpc) is 2.99. The average molecular weight is 362 g/mol. The van der Waals surface area contributed by atoms with Gasteiger partial charge in [-0.1, -0.05) is 12.1 Å². The van der Waals surface area contributed by atoms with Crippen LogP contribution in [0.15, 0.2) is 42.6 Å². The van der Waals surface area contributed by atoms with Gasteiger partial charge < -0.3 is 5.32 Å². The number of nitro groups is 1. The zero-order chi connectivity index (χ0) is 19.6. The summed E-state index contributed by atoms with van der Waals surface area (Å²) < 4.78 is 1.86. The van der Waals surface area contributed by atoms with Gasteiger partial charge in [0.15, 0.2) is 0 Å². The molecule has 0 spiro atoms. The van der Waals surface area contributed by atoms with Crippen LogP contribution in [0, 0.1) is 35.3 Å². The molecular weight excluding hydrogens is 344 g/mol. The highest BCUT2D eigenvalue weighted by Crippen LogP contribution is 2.29. The Hall–Kier alpha value is -3.73. The quantitative estimate of drug-likeness (QED) is 0.545. The van der Waals surface area contributed by atoms with Gasteiger partial charge in [-0.3, -0.25) is 10.1 Å². The molecule has 0 radical (unpaired) electrons. The first-order chi connectivity index (χ1) is 12.9. The highest BCUT2D eigenvalue weighted by atomic mass is 16.6. The summed E-state index contributed by atoms with van der Waals surface area (Å²) in [4.78, 5) is 14.8. The molecule has 0 aliphatic carbocycles. The van der Waals surface area contributed by atoms with Crippen LogP contribution >= 0.6 is 0 Å². The first-order valence-electron chi connectivity index (χ1n) is 8.34. The highest BCUT2D eigenvalue weighted by Gasteiger charge is 2.22. The van der Waals surface area contributed by atoms with Crippen molar-refractivity contribution >= 4 is 11.5 Å². The minimum Gasteiger partial charge on any atom is -0.358 e. The second-order valence-electron chi connectivity index (χ2n) is 6.22. The molecule has 136 valence electrons. The van der Waals surface area contributed by atoms with Crippen LogP contribution in [0.1, 0.15) is 35.5 Å². The van der Waals surface area contributed by atoms with Crippen LogP contribution in [0.2, 0.25) is 0 Å². The lowest BCUT2D eigenvalue weighted by Gasteiger charge is -2.16. The van der Waals surface area contributed by atoms with Crippen molar-refractivity contribution in [1.82, 2.24) is 14.8 Å². The number of rotatable bonds is 5. The first kappa shape index (κ1) is 18.1. The van der Waals surface area contributed by atoms with Crippen molar-refractivity contribution in [2.75, 3.05) is 5.32 Å². The van der Waals surface area contributed by atoms with E-state index in [9.17, 15) is 10.1 Å². The second kappa shape index (κ2) is 7.25. The Balaban J connectivity index is 1.86. The minimum absolute atomic E-state index is 0.0235. The van der Waals surface area contributed by atoms with Crippen LogP contribution in [-0.4, -0.2) is 19.7 Å². The molecular formula is C19H18N6O2. The smallest absolute Gasteiger partial charge is 0.328 e. The van der Waals surface area contributed by atoms with E-state index < -0.39 is 4.92 Å². The number of nitrogens with one attached hydrogen (secondary N) is 1. The maximum atomic E-state index is 11.3. The van der Waals surface area contributed by atoms with Crippen molar-refractivity contribution in [3.8, 4) is 11.8 Å². The third kappa shape index (κ3) is 3.62. The largest absolute Gasteiger partial charge is 0.358 e. The maximum Gasteiger partial charge on any atom is 0.328 e. The highest BCUT2D eigenvalue weighted by molar-refractivity contribution is 5.64. The fraction of sp³-hybridized carbons (Fsp3) is 0.211. The molecule has 3 rings (SSSR count). The van der Waals surface area contributed by atoms with Crippen molar-refractivity contribution in [3.63, 3.8) is 0 Å². The SMILES string of the molecule is Cc1cc(C)n(-c2ccc(C(C)Nc3nccc(C#N)c3[N+](=O)[O-])cc2)n1. The number of anilines is 1. The number of benzene rings is 1. The van der Waals surface area contributed by atoms with Gasteiger partial charge in [0.05, 0.1) is 22.3 Å². The summed E-state index contributed by atoms with van der Waals surface area (Å²) in [7, 11) is 0. The van der Waals surface area contributed by atoms with E-state index in [0.29, 0.717) is 0 Å². The zero-order valence-corrected chi connectivity index (χ0v) is 15.2. The number of nitrogens with zero attached hydrogens (tertiary/aromatic N) is 5. The van der Waals surface area contributed by atoms with E-state index in [-0.39, 0.29) is 23.1 Å². The standard InChI is InChI=1S/C19H18N6O2/c1-12-10-13(2)24(23-12)17-6-4-15(5-7-17)14(3)22-19-18(25(26)27)16(11-20)8-9-21-19/h4-10,14H,1-3H3,(H,21,22). The molecule has 0 fully saturated rings. The number of aryl methyl sites for hydroxylation is 2. The monoisotopic (exact) mass is 362 g/mol. The summed E-state index contributed by atoms with van der Waals surface area (Å²) in [6.45, 7) is 5.81. The van der Waals surface area contributed by atoms with Crippen LogP contribution < -0.4 is 5.32 Å². The van der Waals surface area contributed by atoms with E-state index in [1.807, 2.05) is 61.9 Å². The number of hydrogen-bond donors (Lipinski definition) is 1. The van der Waals surface area contributed by atoms with Crippen molar-refractivity contribution in [1.29, 1.82) is 5.26 Å². The van der Waals surface area contributed by atoms with Gasteiger partial charge in [0, 0.05) is 11.9 Å². The molecule has 8 heteroatoms. The first-order valence-corrected chi connectivity index (χ1v) is 8.34. The van der Waals surface area contributed by atoms with Crippen molar-refractivity contribution in [3.05, 3.63) is 75.2 Å². The Morgan fingerprint density at radius 1 is 1.26 bits per heavy atom. The van der Waals surface area contributed by atoms with Crippen molar-refractivity contribution in [2.45, 2.75) is 26.8 Å². The van der Waals surface area contributed by atoms with Gasteiger partial charge in [0.1, 0.15) is 11.6 Å². The Morgan fingerprint density at radius 3 is 2.52 bits per heavy atom. The summed E-state index contributed by atoms with van der Waals surface area (Å²) in [5.41, 5.74) is 3.52. The number of pyridine rings is 1. The third-order valence-corrected chi connectivity index (χ3v) is 4.23. The maximum absolute atomic E-state index is 11.3. The summed E-state index contributed by atoms with van der Waals surface area (Å²) in [6, 6.07) is 12.7. The second-order valence-corrected chi connectivity index (χ2v) is 6.22. The molecule has 0 aliphatic heterocycles. The van der Waals surface area contributed by atoms with Crippen LogP contribution in [0.25, 0.3) is 5.69 Å². The van der Waals surface area contributed by atoms with E-state index in [4.69, 9.17) is 5.26 Å². The summed E-state index contributed by atoms with van der Waals surface area (Å²) in [6.07, 6.45) is 1.38. The molecule has 1 aromatic carbocycles. The Labute approximate surface area is 156 Å². The Bertz CT molecular complexity index is 1030. The molecule has 1 unspecified atom stereocenters. The Kier molecular flexibility index (Phi) is 4.86. The lowest BCUT2D eigenvalue weighted by Crippen LogP contribution is -2.11.